The zero-order chi connectivity index (χ0) is 14.8. The van der Waals surface area contributed by atoms with Crippen LogP contribution in [0.15, 0.2) is 18.2 Å². The van der Waals surface area contributed by atoms with Crippen molar-refractivity contribution in [2.75, 3.05) is 26.2 Å². The minimum Gasteiger partial charge on any atom is -0.314 e. The lowest BCUT2D eigenvalue weighted by Crippen LogP contribution is -2.45. The Balaban J connectivity index is 2.38. The maximum absolute atomic E-state index is 13.2. The van der Waals surface area contributed by atoms with Gasteiger partial charge < -0.3 is 5.32 Å². The van der Waals surface area contributed by atoms with Gasteiger partial charge in [-0.3, -0.25) is 4.90 Å². The molecule has 1 aromatic carbocycles. The molecule has 2 nitrogen and oxygen atoms in total. The van der Waals surface area contributed by atoms with E-state index < -0.39 is 17.6 Å². The number of halogens is 4. The number of nitrogens with zero attached hydrogens (tertiary/aromatic N) is 1. The minimum atomic E-state index is -4.53. The summed E-state index contributed by atoms with van der Waals surface area (Å²) >= 11 is 0. The third-order valence-electron chi connectivity index (χ3n) is 3.66. The van der Waals surface area contributed by atoms with Gasteiger partial charge in [0.1, 0.15) is 5.82 Å². The predicted octanol–water partition coefficient (Wildman–Crippen LogP) is 3.20. The standard InChI is InChI=1S/C14H18F4N2/c1-2-13(20-7-5-19-6-8-20)11-4-3-10(15)9-12(11)14(16,17)18/h3-4,9,13,19H,2,5-8H2,1H3/t13-/m1/s1. The van der Waals surface area contributed by atoms with Crippen LogP contribution in [0.4, 0.5) is 17.6 Å². The van der Waals surface area contributed by atoms with Crippen LogP contribution in [0, 0.1) is 5.82 Å². The second kappa shape index (κ2) is 6.10. The molecule has 0 radical (unpaired) electrons. The number of piperazine rings is 1. The van der Waals surface area contributed by atoms with Crippen LogP contribution in [0.1, 0.15) is 30.5 Å². The largest absolute Gasteiger partial charge is 0.416 e. The fourth-order valence-electron chi connectivity index (χ4n) is 2.73. The van der Waals surface area contributed by atoms with Gasteiger partial charge in [-0.25, -0.2) is 4.39 Å². The van der Waals surface area contributed by atoms with Gasteiger partial charge in [-0.2, -0.15) is 13.2 Å². The van der Waals surface area contributed by atoms with Crippen LogP contribution in [0.2, 0.25) is 0 Å². The predicted molar refractivity (Wildman–Crippen MR) is 68.9 cm³/mol. The van der Waals surface area contributed by atoms with Crippen molar-refractivity contribution >= 4 is 0 Å². The van der Waals surface area contributed by atoms with E-state index in [1.165, 1.54) is 6.07 Å². The fourth-order valence-corrected chi connectivity index (χ4v) is 2.73. The van der Waals surface area contributed by atoms with E-state index in [0.29, 0.717) is 25.6 Å². The molecule has 1 heterocycles. The molecule has 1 aliphatic rings. The van der Waals surface area contributed by atoms with Gasteiger partial charge in [0, 0.05) is 32.2 Å². The van der Waals surface area contributed by atoms with Crippen molar-refractivity contribution in [1.82, 2.24) is 10.2 Å². The van der Waals surface area contributed by atoms with Gasteiger partial charge in [-0.15, -0.1) is 0 Å². The van der Waals surface area contributed by atoms with Gasteiger partial charge in [0.15, 0.2) is 0 Å². The molecule has 1 aliphatic heterocycles. The van der Waals surface area contributed by atoms with Crippen LogP contribution >= 0.6 is 0 Å². The lowest BCUT2D eigenvalue weighted by molar-refractivity contribution is -0.139. The van der Waals surface area contributed by atoms with Gasteiger partial charge in [-0.05, 0) is 24.1 Å². The maximum Gasteiger partial charge on any atom is 0.416 e. The molecule has 0 spiro atoms. The molecule has 0 aliphatic carbocycles. The first-order chi connectivity index (χ1) is 9.43. The van der Waals surface area contributed by atoms with Gasteiger partial charge in [0.05, 0.1) is 5.56 Å². The van der Waals surface area contributed by atoms with Gasteiger partial charge >= 0.3 is 6.18 Å². The van der Waals surface area contributed by atoms with Crippen molar-refractivity contribution in [1.29, 1.82) is 0 Å². The summed E-state index contributed by atoms with van der Waals surface area (Å²) < 4.78 is 52.4. The Morgan fingerprint density at radius 3 is 2.45 bits per heavy atom. The summed E-state index contributed by atoms with van der Waals surface area (Å²) in [6, 6.07) is 2.65. The van der Waals surface area contributed by atoms with Crippen LogP contribution in [0.5, 0.6) is 0 Å². The van der Waals surface area contributed by atoms with E-state index in [1.807, 2.05) is 11.8 Å². The smallest absolute Gasteiger partial charge is 0.314 e. The fraction of sp³-hybridized carbons (Fsp3) is 0.571. The van der Waals surface area contributed by atoms with Crippen molar-refractivity contribution in [3.05, 3.63) is 35.1 Å². The third kappa shape index (κ3) is 3.30. The maximum atomic E-state index is 13.2. The minimum absolute atomic E-state index is 0.170. The first-order valence-corrected chi connectivity index (χ1v) is 6.75. The molecule has 1 N–H and O–H groups in total. The molecule has 0 saturated carbocycles. The normalized spacial score (nSPS) is 19.1. The summed E-state index contributed by atoms with van der Waals surface area (Å²) in [5, 5.41) is 3.18. The van der Waals surface area contributed by atoms with Crippen molar-refractivity contribution in [3.8, 4) is 0 Å². The number of hydrogen-bond donors (Lipinski definition) is 1. The van der Waals surface area contributed by atoms with Gasteiger partial charge in [0.25, 0.3) is 0 Å². The van der Waals surface area contributed by atoms with Crippen molar-refractivity contribution in [2.24, 2.45) is 0 Å². The Kier molecular flexibility index (Phi) is 4.65. The number of alkyl halides is 3. The zero-order valence-electron chi connectivity index (χ0n) is 11.3. The highest BCUT2D eigenvalue weighted by atomic mass is 19.4. The highest BCUT2D eigenvalue weighted by molar-refractivity contribution is 5.33. The Morgan fingerprint density at radius 2 is 1.90 bits per heavy atom. The molecule has 1 aromatic rings. The number of benzene rings is 1. The molecule has 0 bridgehead atoms. The zero-order valence-corrected chi connectivity index (χ0v) is 11.3. The second-order valence-electron chi connectivity index (χ2n) is 4.94. The first kappa shape index (κ1) is 15.3. The summed E-state index contributed by atoms with van der Waals surface area (Å²) in [6.07, 6.45) is -3.96. The Hall–Kier alpha value is -1.14. The lowest BCUT2D eigenvalue weighted by Gasteiger charge is -2.35. The molecule has 0 aromatic heterocycles. The Morgan fingerprint density at radius 1 is 1.25 bits per heavy atom. The molecule has 6 heteroatoms. The quantitative estimate of drug-likeness (QED) is 0.860. The van der Waals surface area contributed by atoms with Crippen LogP contribution in [-0.2, 0) is 6.18 Å². The summed E-state index contributed by atoms with van der Waals surface area (Å²) in [5.74, 6) is -0.851. The average molecular weight is 290 g/mol. The molecular weight excluding hydrogens is 272 g/mol. The molecule has 1 atom stereocenters. The molecule has 1 fully saturated rings. The average Bonchev–Trinajstić information content (AvgIpc) is 2.41. The van der Waals surface area contributed by atoms with E-state index in [0.717, 1.165) is 19.2 Å². The van der Waals surface area contributed by atoms with Crippen LogP contribution in [-0.4, -0.2) is 31.1 Å². The second-order valence-corrected chi connectivity index (χ2v) is 4.94. The summed E-state index contributed by atoms with van der Waals surface area (Å²) in [6.45, 7) is 4.79. The topological polar surface area (TPSA) is 15.3 Å². The highest BCUT2D eigenvalue weighted by Gasteiger charge is 2.36. The lowest BCUT2D eigenvalue weighted by atomic mass is 9.96. The van der Waals surface area contributed by atoms with Crippen molar-refractivity contribution < 1.29 is 17.6 Å². The molecule has 0 amide bonds. The van der Waals surface area contributed by atoms with Crippen molar-refractivity contribution in [3.63, 3.8) is 0 Å². The van der Waals surface area contributed by atoms with E-state index in [-0.39, 0.29) is 11.6 Å². The third-order valence-corrected chi connectivity index (χ3v) is 3.66. The molecule has 2 rings (SSSR count). The number of hydrogen-bond acceptors (Lipinski definition) is 2. The van der Waals surface area contributed by atoms with E-state index in [9.17, 15) is 17.6 Å². The molecular formula is C14H18F4N2. The monoisotopic (exact) mass is 290 g/mol. The van der Waals surface area contributed by atoms with Gasteiger partial charge in [0.2, 0.25) is 0 Å². The van der Waals surface area contributed by atoms with Gasteiger partial charge in [-0.1, -0.05) is 13.0 Å². The Bertz CT molecular complexity index is 453. The molecule has 112 valence electrons. The van der Waals surface area contributed by atoms with E-state index in [2.05, 4.69) is 5.32 Å². The SMILES string of the molecule is CC[C@H](c1ccc(F)cc1C(F)(F)F)N1CCNCC1. The summed E-state index contributed by atoms with van der Waals surface area (Å²) in [7, 11) is 0. The highest BCUT2D eigenvalue weighted by Crippen LogP contribution is 2.38. The molecule has 0 unspecified atom stereocenters. The molecule has 1 saturated heterocycles. The Labute approximate surface area is 115 Å². The summed E-state index contributed by atoms with van der Waals surface area (Å²) in [4.78, 5) is 2.03. The van der Waals surface area contributed by atoms with Crippen LogP contribution < -0.4 is 5.32 Å². The van der Waals surface area contributed by atoms with E-state index in [4.69, 9.17) is 0 Å². The number of rotatable bonds is 3. The molecule has 20 heavy (non-hydrogen) atoms. The summed E-state index contributed by atoms with van der Waals surface area (Å²) in [5.41, 5.74) is -0.689. The van der Waals surface area contributed by atoms with Crippen molar-refractivity contribution in [2.45, 2.75) is 25.6 Å². The van der Waals surface area contributed by atoms with Crippen LogP contribution in [0.3, 0.4) is 0 Å². The van der Waals surface area contributed by atoms with E-state index in [1.54, 1.807) is 0 Å². The van der Waals surface area contributed by atoms with E-state index >= 15 is 0 Å². The first-order valence-electron chi connectivity index (χ1n) is 6.75. The number of nitrogens with one attached hydrogen (secondary N) is 1. The van der Waals surface area contributed by atoms with Crippen LogP contribution in [0.25, 0.3) is 0 Å².